The second-order valence-corrected chi connectivity index (χ2v) is 6.37. The molecule has 1 N–H and O–H groups in total. The van der Waals surface area contributed by atoms with Crippen LogP contribution in [-0.2, 0) is 12.0 Å². The molecule has 2 aromatic carbocycles. The smallest absolute Gasteiger partial charge is 0.0908 e. The van der Waals surface area contributed by atoms with Crippen LogP contribution in [0.15, 0.2) is 46.9 Å². The largest absolute Gasteiger partial charge is 0.385 e. The third-order valence-corrected chi connectivity index (χ3v) is 3.82. The topological polar surface area (TPSA) is 20.2 Å². The molecule has 1 nitrogen and oxygen atoms in total. The van der Waals surface area contributed by atoms with E-state index in [1.54, 1.807) is 0 Å². The van der Waals surface area contributed by atoms with Crippen molar-refractivity contribution in [2.75, 3.05) is 0 Å². The van der Waals surface area contributed by atoms with Crippen LogP contribution < -0.4 is 0 Å². The Morgan fingerprint density at radius 3 is 2.05 bits per heavy atom. The molecule has 100 valence electrons. The molecule has 0 aliphatic rings. The van der Waals surface area contributed by atoms with E-state index in [4.69, 9.17) is 0 Å². The molecule has 1 atom stereocenters. The summed E-state index contributed by atoms with van der Waals surface area (Å²) in [5.74, 6) is 0. The lowest BCUT2D eigenvalue weighted by molar-refractivity contribution is 0.0576. The molecule has 0 aliphatic carbocycles. The third-order valence-electron chi connectivity index (χ3n) is 3.30. The molecule has 0 saturated heterocycles. The molecule has 2 aromatic rings. The lowest BCUT2D eigenvalue weighted by Crippen LogP contribution is -2.24. The quantitative estimate of drug-likeness (QED) is 0.882. The predicted octanol–water partition coefficient (Wildman–Crippen LogP) is 4.52. The van der Waals surface area contributed by atoms with Gasteiger partial charge >= 0.3 is 0 Å². The average Bonchev–Trinajstić information content (AvgIpc) is 2.27. The first-order valence-corrected chi connectivity index (χ1v) is 7.22. The maximum Gasteiger partial charge on any atom is 0.0908 e. The number of aryl methyl sites for hydroxylation is 2. The summed E-state index contributed by atoms with van der Waals surface area (Å²) in [5.41, 5.74) is 3.74. The zero-order valence-corrected chi connectivity index (χ0v) is 13.2. The maximum atomic E-state index is 10.7. The van der Waals surface area contributed by atoms with Crippen molar-refractivity contribution in [3.05, 3.63) is 69.2 Å². The van der Waals surface area contributed by atoms with Gasteiger partial charge in [0.15, 0.2) is 0 Å². The van der Waals surface area contributed by atoms with Crippen LogP contribution in [-0.4, -0.2) is 5.11 Å². The Kier molecular flexibility index (Phi) is 4.12. The van der Waals surface area contributed by atoms with Crippen LogP contribution in [0.2, 0.25) is 0 Å². The van der Waals surface area contributed by atoms with Crippen molar-refractivity contribution in [3.8, 4) is 0 Å². The molecule has 0 aromatic heterocycles. The minimum absolute atomic E-state index is 0.622. The lowest BCUT2D eigenvalue weighted by atomic mass is 9.88. The van der Waals surface area contributed by atoms with Gasteiger partial charge in [-0.15, -0.1) is 0 Å². The van der Waals surface area contributed by atoms with Gasteiger partial charge in [-0.25, -0.2) is 0 Å². The van der Waals surface area contributed by atoms with Crippen molar-refractivity contribution in [2.24, 2.45) is 0 Å². The normalized spacial score (nSPS) is 14.2. The van der Waals surface area contributed by atoms with Crippen molar-refractivity contribution in [1.82, 2.24) is 0 Å². The van der Waals surface area contributed by atoms with E-state index in [0.29, 0.717) is 6.42 Å². The Hall–Kier alpha value is -1.12. The molecule has 0 spiro atoms. The molecule has 0 radical (unpaired) electrons. The number of hydrogen-bond acceptors (Lipinski definition) is 1. The van der Waals surface area contributed by atoms with Crippen molar-refractivity contribution < 1.29 is 5.11 Å². The van der Waals surface area contributed by atoms with Gasteiger partial charge in [0.1, 0.15) is 0 Å². The van der Waals surface area contributed by atoms with Gasteiger partial charge in [0.25, 0.3) is 0 Å². The highest BCUT2D eigenvalue weighted by Gasteiger charge is 2.23. The first-order valence-electron chi connectivity index (χ1n) is 6.42. The number of halogens is 1. The summed E-state index contributed by atoms with van der Waals surface area (Å²) in [6.07, 6.45) is 0.622. The van der Waals surface area contributed by atoms with E-state index in [0.717, 1.165) is 10.0 Å². The molecule has 1 unspecified atom stereocenters. The predicted molar refractivity (Wildman–Crippen MR) is 83.3 cm³/mol. The van der Waals surface area contributed by atoms with Gasteiger partial charge in [-0.2, -0.15) is 0 Å². The Morgan fingerprint density at radius 1 is 1.00 bits per heavy atom. The third kappa shape index (κ3) is 3.68. The molecule has 19 heavy (non-hydrogen) atoms. The van der Waals surface area contributed by atoms with Crippen molar-refractivity contribution >= 4 is 15.9 Å². The summed E-state index contributed by atoms with van der Waals surface area (Å²) in [4.78, 5) is 0. The van der Waals surface area contributed by atoms with E-state index in [1.807, 2.05) is 31.2 Å². The van der Waals surface area contributed by atoms with Crippen molar-refractivity contribution in [2.45, 2.75) is 32.8 Å². The summed E-state index contributed by atoms with van der Waals surface area (Å²) in [7, 11) is 0. The highest BCUT2D eigenvalue weighted by molar-refractivity contribution is 9.10. The highest BCUT2D eigenvalue weighted by Crippen LogP contribution is 2.27. The fourth-order valence-corrected chi connectivity index (χ4v) is 2.74. The van der Waals surface area contributed by atoms with E-state index in [1.165, 1.54) is 16.7 Å². The monoisotopic (exact) mass is 318 g/mol. The van der Waals surface area contributed by atoms with E-state index in [-0.39, 0.29) is 0 Å². The van der Waals surface area contributed by atoms with Gasteiger partial charge in [0.2, 0.25) is 0 Å². The molecule has 0 saturated carbocycles. The van der Waals surface area contributed by atoms with Gasteiger partial charge in [0, 0.05) is 10.9 Å². The molecule has 0 fully saturated rings. The second-order valence-electron chi connectivity index (χ2n) is 5.45. The van der Waals surface area contributed by atoms with Crippen LogP contribution in [0.3, 0.4) is 0 Å². The minimum atomic E-state index is -0.846. The molecule has 0 aliphatic heterocycles. The number of benzene rings is 2. The van der Waals surface area contributed by atoms with Crippen LogP contribution >= 0.6 is 15.9 Å². The second kappa shape index (κ2) is 5.48. The first-order chi connectivity index (χ1) is 8.87. The summed E-state index contributed by atoms with van der Waals surface area (Å²) in [6, 6.07) is 14.3. The summed E-state index contributed by atoms with van der Waals surface area (Å²) >= 11 is 3.42. The minimum Gasteiger partial charge on any atom is -0.385 e. The van der Waals surface area contributed by atoms with Crippen LogP contribution in [0.5, 0.6) is 0 Å². The molecule has 0 heterocycles. The van der Waals surface area contributed by atoms with Gasteiger partial charge < -0.3 is 5.11 Å². The van der Waals surface area contributed by atoms with Gasteiger partial charge in [-0.05, 0) is 44.0 Å². The summed E-state index contributed by atoms with van der Waals surface area (Å²) in [5, 5.41) is 10.7. The average molecular weight is 319 g/mol. The zero-order chi connectivity index (χ0) is 14.0. The maximum absolute atomic E-state index is 10.7. The van der Waals surface area contributed by atoms with E-state index >= 15 is 0 Å². The number of hydrogen-bond donors (Lipinski definition) is 1. The zero-order valence-electron chi connectivity index (χ0n) is 11.6. The lowest BCUT2D eigenvalue weighted by Gasteiger charge is -2.24. The first kappa shape index (κ1) is 14.3. The SMILES string of the molecule is Cc1cc(C)cc(CC(C)(O)c2ccc(Br)cc2)c1. The van der Waals surface area contributed by atoms with Crippen molar-refractivity contribution in [1.29, 1.82) is 0 Å². The van der Waals surface area contributed by atoms with Crippen LogP contribution in [0, 0.1) is 13.8 Å². The Balaban J connectivity index is 2.27. The van der Waals surface area contributed by atoms with Crippen molar-refractivity contribution in [3.63, 3.8) is 0 Å². The molecule has 2 heteroatoms. The van der Waals surface area contributed by atoms with Gasteiger partial charge in [-0.3, -0.25) is 0 Å². The molecular formula is C17H19BrO. The van der Waals surface area contributed by atoms with E-state index in [9.17, 15) is 5.11 Å². The summed E-state index contributed by atoms with van der Waals surface area (Å²) in [6.45, 7) is 6.05. The fourth-order valence-electron chi connectivity index (χ4n) is 2.48. The Labute approximate surface area is 123 Å². The molecule has 0 bridgehead atoms. The highest BCUT2D eigenvalue weighted by atomic mass is 79.9. The van der Waals surface area contributed by atoms with Gasteiger partial charge in [0.05, 0.1) is 5.60 Å². The Bertz CT molecular complexity index is 550. The molecule has 0 amide bonds. The van der Waals surface area contributed by atoms with Crippen LogP contribution in [0.25, 0.3) is 0 Å². The number of rotatable bonds is 3. The summed E-state index contributed by atoms with van der Waals surface area (Å²) < 4.78 is 1.03. The Morgan fingerprint density at radius 2 is 1.53 bits per heavy atom. The van der Waals surface area contributed by atoms with E-state index < -0.39 is 5.60 Å². The van der Waals surface area contributed by atoms with E-state index in [2.05, 4.69) is 48.0 Å². The standard InChI is InChI=1S/C17H19BrO/c1-12-8-13(2)10-14(9-12)11-17(3,19)15-4-6-16(18)7-5-15/h4-10,19H,11H2,1-3H3. The van der Waals surface area contributed by atoms with Crippen LogP contribution in [0.1, 0.15) is 29.2 Å². The molecule has 2 rings (SSSR count). The number of aliphatic hydroxyl groups is 1. The fraction of sp³-hybridized carbons (Fsp3) is 0.294. The molecular weight excluding hydrogens is 300 g/mol. The van der Waals surface area contributed by atoms with Crippen LogP contribution in [0.4, 0.5) is 0 Å². The van der Waals surface area contributed by atoms with Gasteiger partial charge in [-0.1, -0.05) is 57.4 Å².